The summed E-state index contributed by atoms with van der Waals surface area (Å²) in [6, 6.07) is 5.24. The summed E-state index contributed by atoms with van der Waals surface area (Å²) in [5.41, 5.74) is 0.565. The molecule has 3 nitrogen and oxygen atoms in total. The van der Waals surface area contributed by atoms with Crippen molar-refractivity contribution >= 4 is 23.2 Å². The second-order valence-corrected chi connectivity index (χ2v) is 2.86. The summed E-state index contributed by atoms with van der Waals surface area (Å²) in [6.07, 6.45) is 0. The molecular weight excluding hydrogens is 178 g/mol. The van der Waals surface area contributed by atoms with Gasteiger partial charge in [0.15, 0.2) is 6.61 Å². The molecule has 0 saturated heterocycles. The van der Waals surface area contributed by atoms with Gasteiger partial charge in [0.05, 0.1) is 5.02 Å². The summed E-state index contributed by atoms with van der Waals surface area (Å²) in [5, 5.41) is 3.13. The molecule has 1 aromatic carbocycles. The number of hydrogen-bond donors (Lipinski definition) is 1. The van der Waals surface area contributed by atoms with Crippen molar-refractivity contribution in [1.82, 2.24) is 0 Å². The maximum atomic E-state index is 10.9. The van der Waals surface area contributed by atoms with E-state index < -0.39 is 0 Å². The minimum absolute atomic E-state index is 0.0628. The van der Waals surface area contributed by atoms with Gasteiger partial charge < -0.3 is 10.1 Å². The zero-order valence-corrected chi connectivity index (χ0v) is 6.89. The molecule has 1 heterocycles. The summed E-state index contributed by atoms with van der Waals surface area (Å²) in [7, 11) is 0. The van der Waals surface area contributed by atoms with Gasteiger partial charge in [-0.25, -0.2) is 0 Å². The van der Waals surface area contributed by atoms with Crippen LogP contribution in [-0.4, -0.2) is 12.5 Å². The van der Waals surface area contributed by atoms with Gasteiger partial charge in [-0.3, -0.25) is 4.79 Å². The van der Waals surface area contributed by atoms with E-state index in [1.54, 1.807) is 18.2 Å². The molecular formula is C8H6ClNO2. The predicted octanol–water partition coefficient (Wildman–Crippen LogP) is 1.67. The van der Waals surface area contributed by atoms with Crippen molar-refractivity contribution in [2.45, 2.75) is 0 Å². The van der Waals surface area contributed by atoms with Crippen LogP contribution < -0.4 is 10.1 Å². The molecule has 1 N–H and O–H groups in total. The smallest absolute Gasteiger partial charge is 0.262 e. The first kappa shape index (κ1) is 7.43. The molecule has 1 aromatic rings. The molecule has 0 aliphatic carbocycles. The fourth-order valence-corrected chi connectivity index (χ4v) is 1.28. The SMILES string of the molecule is O=C1COc2cccc(Cl)c2N1. The van der Waals surface area contributed by atoms with Gasteiger partial charge in [-0.2, -0.15) is 0 Å². The number of carbonyl (C=O) groups is 1. The maximum absolute atomic E-state index is 10.9. The molecule has 0 fully saturated rings. The van der Waals surface area contributed by atoms with Gasteiger partial charge >= 0.3 is 0 Å². The largest absolute Gasteiger partial charge is 0.482 e. The first-order valence-electron chi connectivity index (χ1n) is 3.48. The molecule has 12 heavy (non-hydrogen) atoms. The number of benzene rings is 1. The van der Waals surface area contributed by atoms with Crippen LogP contribution in [-0.2, 0) is 4.79 Å². The lowest BCUT2D eigenvalue weighted by molar-refractivity contribution is -0.118. The van der Waals surface area contributed by atoms with Crippen LogP contribution >= 0.6 is 11.6 Å². The molecule has 0 spiro atoms. The average Bonchev–Trinajstić information content (AvgIpc) is 2.07. The minimum Gasteiger partial charge on any atom is -0.482 e. The first-order chi connectivity index (χ1) is 5.77. The number of rotatable bonds is 0. The Bertz CT molecular complexity index is 338. The van der Waals surface area contributed by atoms with Crippen LogP contribution in [0.5, 0.6) is 5.75 Å². The average molecular weight is 184 g/mol. The first-order valence-corrected chi connectivity index (χ1v) is 3.86. The Morgan fingerprint density at radius 3 is 3.17 bits per heavy atom. The molecule has 0 bridgehead atoms. The van der Waals surface area contributed by atoms with Crippen molar-refractivity contribution in [2.75, 3.05) is 11.9 Å². The van der Waals surface area contributed by atoms with Gasteiger partial charge in [-0.05, 0) is 12.1 Å². The summed E-state index contributed by atoms with van der Waals surface area (Å²) in [4.78, 5) is 10.9. The highest BCUT2D eigenvalue weighted by Crippen LogP contribution is 2.33. The summed E-state index contributed by atoms with van der Waals surface area (Å²) < 4.78 is 5.12. The Hall–Kier alpha value is -1.22. The number of nitrogens with one attached hydrogen (secondary N) is 1. The summed E-state index contributed by atoms with van der Waals surface area (Å²) >= 11 is 5.81. The Balaban J connectivity index is 2.50. The molecule has 0 radical (unpaired) electrons. The lowest BCUT2D eigenvalue weighted by atomic mass is 10.2. The molecule has 4 heteroatoms. The van der Waals surface area contributed by atoms with E-state index in [2.05, 4.69) is 5.32 Å². The maximum Gasteiger partial charge on any atom is 0.262 e. The monoisotopic (exact) mass is 183 g/mol. The zero-order valence-electron chi connectivity index (χ0n) is 6.13. The highest BCUT2D eigenvalue weighted by atomic mass is 35.5. The number of carbonyl (C=O) groups excluding carboxylic acids is 1. The Kier molecular flexibility index (Phi) is 1.66. The van der Waals surface area contributed by atoms with Crippen molar-refractivity contribution < 1.29 is 9.53 Å². The Morgan fingerprint density at radius 1 is 1.50 bits per heavy atom. The van der Waals surface area contributed by atoms with Crippen LogP contribution in [0.2, 0.25) is 5.02 Å². The van der Waals surface area contributed by atoms with Gasteiger partial charge in [-0.15, -0.1) is 0 Å². The van der Waals surface area contributed by atoms with Crippen LogP contribution in [0.25, 0.3) is 0 Å². The lowest BCUT2D eigenvalue weighted by Crippen LogP contribution is -2.25. The number of halogens is 1. The minimum atomic E-state index is -0.171. The van der Waals surface area contributed by atoms with Gasteiger partial charge in [0.1, 0.15) is 11.4 Å². The van der Waals surface area contributed by atoms with Gasteiger partial charge in [0, 0.05) is 0 Å². The third-order valence-corrected chi connectivity index (χ3v) is 1.91. The number of anilines is 1. The molecule has 0 unspecified atom stereocenters. The van der Waals surface area contributed by atoms with Crippen LogP contribution in [0.4, 0.5) is 5.69 Å². The van der Waals surface area contributed by atoms with E-state index in [1.165, 1.54) is 0 Å². The van der Waals surface area contributed by atoms with Gasteiger partial charge in [0.2, 0.25) is 0 Å². The quantitative estimate of drug-likeness (QED) is 0.665. The normalized spacial score (nSPS) is 14.6. The second-order valence-electron chi connectivity index (χ2n) is 2.45. The third kappa shape index (κ3) is 1.12. The molecule has 1 amide bonds. The van der Waals surface area contributed by atoms with E-state index in [4.69, 9.17) is 16.3 Å². The molecule has 1 aliphatic heterocycles. The zero-order chi connectivity index (χ0) is 8.55. The molecule has 0 aromatic heterocycles. The van der Waals surface area contributed by atoms with E-state index in [0.717, 1.165) is 0 Å². The van der Waals surface area contributed by atoms with Gasteiger partial charge in [-0.1, -0.05) is 17.7 Å². The fourth-order valence-electron chi connectivity index (χ4n) is 1.06. The standard InChI is InChI=1S/C8H6ClNO2/c9-5-2-1-3-6-8(5)10-7(11)4-12-6/h1-3H,4H2,(H,10,11). The van der Waals surface area contributed by atoms with Crippen LogP contribution in [0.1, 0.15) is 0 Å². The predicted molar refractivity (Wildman–Crippen MR) is 45.6 cm³/mol. The van der Waals surface area contributed by atoms with Crippen molar-refractivity contribution in [1.29, 1.82) is 0 Å². The van der Waals surface area contributed by atoms with E-state index in [-0.39, 0.29) is 12.5 Å². The van der Waals surface area contributed by atoms with E-state index in [9.17, 15) is 4.79 Å². The van der Waals surface area contributed by atoms with Gasteiger partial charge in [0.25, 0.3) is 5.91 Å². The number of hydrogen-bond acceptors (Lipinski definition) is 2. The van der Waals surface area contributed by atoms with E-state index in [0.29, 0.717) is 16.5 Å². The van der Waals surface area contributed by atoms with Crippen molar-refractivity contribution in [3.63, 3.8) is 0 Å². The highest BCUT2D eigenvalue weighted by molar-refractivity contribution is 6.34. The highest BCUT2D eigenvalue weighted by Gasteiger charge is 2.17. The van der Waals surface area contributed by atoms with E-state index in [1.807, 2.05) is 0 Å². The van der Waals surface area contributed by atoms with Crippen molar-refractivity contribution in [3.05, 3.63) is 23.2 Å². The Morgan fingerprint density at radius 2 is 2.33 bits per heavy atom. The topological polar surface area (TPSA) is 38.3 Å². The number of para-hydroxylation sites is 1. The molecule has 0 saturated carbocycles. The second kappa shape index (κ2) is 2.68. The summed E-state index contributed by atoms with van der Waals surface area (Å²) in [5.74, 6) is 0.456. The van der Waals surface area contributed by atoms with Crippen LogP contribution in [0.3, 0.4) is 0 Å². The fraction of sp³-hybridized carbons (Fsp3) is 0.125. The molecule has 1 aliphatic rings. The Labute approximate surface area is 74.3 Å². The molecule has 0 atom stereocenters. The van der Waals surface area contributed by atoms with E-state index >= 15 is 0 Å². The van der Waals surface area contributed by atoms with Crippen molar-refractivity contribution in [3.8, 4) is 5.75 Å². The number of ether oxygens (including phenoxy) is 1. The van der Waals surface area contributed by atoms with Crippen LogP contribution in [0.15, 0.2) is 18.2 Å². The van der Waals surface area contributed by atoms with Crippen molar-refractivity contribution in [2.24, 2.45) is 0 Å². The van der Waals surface area contributed by atoms with Crippen LogP contribution in [0, 0.1) is 0 Å². The lowest BCUT2D eigenvalue weighted by Gasteiger charge is -2.18. The number of fused-ring (bicyclic) bond motifs is 1. The third-order valence-electron chi connectivity index (χ3n) is 1.60. The molecule has 2 rings (SSSR count). The number of amides is 1. The summed E-state index contributed by atoms with van der Waals surface area (Å²) in [6.45, 7) is 0.0628. The molecule has 62 valence electrons.